The smallest absolute Gasteiger partial charge is 0.759 e. The van der Waals surface area contributed by atoms with E-state index < -0.39 is 85.0 Å². The number of aliphatic hydroxyl groups is 9. The standard InChI is InChI=1S/C27H33NO4.C12H22O11.Ca.H2O4S.2H2O/c1-20-26(30)24-19-23(11-12-25(24)32-27(20)21-9-5-4-6-10-21)31-18-8-3-2-7-15-28-16-13-22(29)14-17-28;13-1-4-6(16)8(18)9(19)11(21-4)23-12(3-15)10(20)7(17)5(2-14)22-12;;1-5(2,3)4;;/h4-6,9-12,19,22,29H,2-3,7-8,13-18H2,1H3;4-11,13-20H,1-3H2;;(H2,1,2,3,4);2*1H2/q;;+2;;;/p-2/t;4-,5-,6-,7-,8+,9-,10+,11-,12+;;;;/m.1..../s1. The van der Waals surface area contributed by atoms with Gasteiger partial charge in [0.05, 0.1) is 31.3 Å². The summed E-state index contributed by atoms with van der Waals surface area (Å²) in [6.45, 7) is 3.30. The van der Waals surface area contributed by atoms with Gasteiger partial charge in [0.15, 0.2) is 11.7 Å². The molecule has 3 fully saturated rings. The number of unbranched alkanes of at least 4 members (excludes halogenated alkanes) is 3. The molecule has 3 saturated heterocycles. The fourth-order valence-electron chi connectivity index (χ4n) is 6.98. The summed E-state index contributed by atoms with van der Waals surface area (Å²) in [5, 5.41) is 86.8. The molecular weight excluding hydrogens is 891 g/mol. The maximum Gasteiger partial charge on any atom is 2.00 e. The predicted molar refractivity (Wildman–Crippen MR) is 220 cm³/mol. The van der Waals surface area contributed by atoms with Gasteiger partial charge < -0.3 is 94.3 Å². The fourth-order valence-corrected chi connectivity index (χ4v) is 6.98. The number of benzene rings is 2. The SMILES string of the molecule is Cc1c(-c2ccccc2)oc2ccc(OCCCCCCN3CCC(O)CC3)cc2c1=O.O.O.O=S(=O)([O-])[O-].OC[C@H]1O[C@@](CO)(O[C@H]2O[C@H](CO)[C@@H](O)[C@H](O)[C@H]2O)[C@@H](O)[C@@H]1O.[Ca+2]. The van der Waals surface area contributed by atoms with Crippen LogP contribution in [0.1, 0.15) is 44.1 Å². The first kappa shape index (κ1) is 59.0. The molecule has 3 aliphatic heterocycles. The third-order valence-corrected chi connectivity index (χ3v) is 10.4. The van der Waals surface area contributed by atoms with E-state index in [9.17, 15) is 40.5 Å². The molecule has 4 heterocycles. The minimum atomic E-state index is -5.17. The molecule has 1 aromatic heterocycles. The summed E-state index contributed by atoms with van der Waals surface area (Å²) in [6, 6.07) is 15.2. The van der Waals surface area contributed by atoms with Gasteiger partial charge in [-0.1, -0.05) is 43.2 Å². The van der Waals surface area contributed by atoms with Gasteiger partial charge in [-0.15, -0.1) is 0 Å². The zero-order valence-corrected chi connectivity index (χ0v) is 37.7. The van der Waals surface area contributed by atoms with Crippen LogP contribution in [0.25, 0.3) is 22.3 Å². The van der Waals surface area contributed by atoms with Crippen LogP contribution in [0.15, 0.2) is 57.7 Å². The molecule has 63 heavy (non-hydrogen) atoms. The number of rotatable bonds is 14. The third-order valence-electron chi connectivity index (χ3n) is 10.4. The van der Waals surface area contributed by atoms with Crippen molar-refractivity contribution in [3.63, 3.8) is 0 Å². The molecule has 22 nitrogen and oxygen atoms in total. The first-order valence-corrected chi connectivity index (χ1v) is 20.8. The molecule has 24 heteroatoms. The van der Waals surface area contributed by atoms with Crippen molar-refractivity contribution in [1.29, 1.82) is 0 Å². The van der Waals surface area contributed by atoms with Gasteiger partial charge in [0, 0.05) is 34.6 Å². The molecule has 3 aromatic rings. The van der Waals surface area contributed by atoms with Crippen molar-refractivity contribution < 1.29 is 97.8 Å². The van der Waals surface area contributed by atoms with Gasteiger partial charge in [-0.3, -0.25) is 13.2 Å². The minimum absolute atomic E-state index is 0. The number of nitrogens with zero attached hydrogens (tertiary/aromatic N) is 1. The molecule has 354 valence electrons. The molecule has 3 aliphatic rings. The molecule has 0 spiro atoms. The Kier molecular flexibility index (Phi) is 25.8. The monoisotopic (exact) mass is 949 g/mol. The van der Waals surface area contributed by atoms with Gasteiger partial charge in [-0.05, 0) is 57.4 Å². The second-order valence-electron chi connectivity index (χ2n) is 14.7. The van der Waals surface area contributed by atoms with E-state index in [1.807, 2.05) is 49.4 Å². The molecule has 0 unspecified atom stereocenters. The van der Waals surface area contributed by atoms with Crippen LogP contribution in [-0.2, 0) is 24.6 Å². The second-order valence-corrected chi connectivity index (χ2v) is 15.5. The van der Waals surface area contributed by atoms with E-state index in [0.717, 1.165) is 50.9 Å². The number of aliphatic hydroxyl groups excluding tert-OH is 9. The zero-order chi connectivity index (χ0) is 44.2. The molecule has 0 saturated carbocycles. The Bertz CT molecular complexity index is 1930. The van der Waals surface area contributed by atoms with Crippen molar-refractivity contribution in [1.82, 2.24) is 4.90 Å². The maximum atomic E-state index is 12.9. The first-order valence-electron chi connectivity index (χ1n) is 19.5. The van der Waals surface area contributed by atoms with Crippen LogP contribution in [0, 0.1) is 6.92 Å². The Hall–Kier alpha value is -2.02. The summed E-state index contributed by atoms with van der Waals surface area (Å²) in [4.78, 5) is 15.4. The minimum Gasteiger partial charge on any atom is -0.759 e. The number of likely N-dealkylation sites (tertiary alicyclic amines) is 1. The summed E-state index contributed by atoms with van der Waals surface area (Å²) in [6.07, 6.45) is -6.43. The van der Waals surface area contributed by atoms with E-state index in [-0.39, 0.29) is 60.2 Å². The van der Waals surface area contributed by atoms with Crippen LogP contribution in [0.3, 0.4) is 0 Å². The van der Waals surface area contributed by atoms with Crippen LogP contribution in [-0.4, -0.2) is 224 Å². The Morgan fingerprint density at radius 2 is 1.43 bits per heavy atom. The summed E-state index contributed by atoms with van der Waals surface area (Å²) in [7, 11) is -5.17. The van der Waals surface area contributed by atoms with Crippen LogP contribution in [0.5, 0.6) is 5.75 Å². The third kappa shape index (κ3) is 16.7. The Morgan fingerprint density at radius 1 is 0.825 bits per heavy atom. The topological polar surface area (TPSA) is 396 Å². The van der Waals surface area contributed by atoms with E-state index >= 15 is 0 Å². The average molecular weight is 950 g/mol. The molecular formula is C39H59CaNO21S. The first-order chi connectivity index (χ1) is 28.4. The van der Waals surface area contributed by atoms with Crippen LogP contribution in [0.2, 0.25) is 0 Å². The number of hydrogen-bond acceptors (Lipinski definition) is 20. The quantitative estimate of drug-likeness (QED) is 0.0326. The van der Waals surface area contributed by atoms with Gasteiger partial charge in [-0.25, -0.2) is 0 Å². The number of piperidine rings is 1. The van der Waals surface area contributed by atoms with Crippen molar-refractivity contribution in [3.8, 4) is 17.1 Å². The summed E-state index contributed by atoms with van der Waals surface area (Å²) < 4.78 is 61.5. The van der Waals surface area contributed by atoms with Crippen LogP contribution < -0.4 is 10.2 Å². The predicted octanol–water partition coefficient (Wildman–Crippen LogP) is -3.60. The normalized spacial score (nSPS) is 27.4. The molecule has 2 aromatic carbocycles. The summed E-state index contributed by atoms with van der Waals surface area (Å²) in [5.41, 5.74) is 2.09. The summed E-state index contributed by atoms with van der Waals surface area (Å²) >= 11 is 0. The molecule has 0 bridgehead atoms. The Morgan fingerprint density at radius 3 is 2.00 bits per heavy atom. The van der Waals surface area contributed by atoms with Crippen molar-refractivity contribution in [2.75, 3.05) is 46.1 Å². The summed E-state index contributed by atoms with van der Waals surface area (Å²) in [5.74, 6) is -0.887. The van der Waals surface area contributed by atoms with Gasteiger partial charge in [-0.2, -0.15) is 0 Å². The van der Waals surface area contributed by atoms with E-state index in [2.05, 4.69) is 4.90 Å². The molecule has 9 atom stereocenters. The van der Waals surface area contributed by atoms with Crippen LogP contribution >= 0.6 is 0 Å². The zero-order valence-electron chi connectivity index (χ0n) is 34.7. The van der Waals surface area contributed by atoms with Crippen molar-refractivity contribution in [2.45, 2.75) is 106 Å². The number of ether oxygens (including phenoxy) is 4. The second kappa shape index (κ2) is 27.6. The average Bonchev–Trinajstić information content (AvgIpc) is 3.47. The molecule has 0 radical (unpaired) electrons. The van der Waals surface area contributed by atoms with E-state index in [1.54, 1.807) is 6.07 Å². The number of hydrogen-bond donors (Lipinski definition) is 9. The van der Waals surface area contributed by atoms with E-state index in [4.69, 9.17) is 51.1 Å². The Balaban J connectivity index is 0.000000566. The maximum absolute atomic E-state index is 12.9. The van der Waals surface area contributed by atoms with E-state index in [0.29, 0.717) is 34.6 Å². The van der Waals surface area contributed by atoms with Crippen molar-refractivity contribution in [2.24, 2.45) is 0 Å². The fraction of sp³-hybridized carbons (Fsp3) is 0.615. The Labute approximate surface area is 393 Å². The molecule has 13 N–H and O–H groups in total. The van der Waals surface area contributed by atoms with Crippen molar-refractivity contribution >= 4 is 59.1 Å². The van der Waals surface area contributed by atoms with Gasteiger partial charge in [0.1, 0.15) is 66.4 Å². The van der Waals surface area contributed by atoms with Gasteiger partial charge in [0.2, 0.25) is 5.79 Å². The van der Waals surface area contributed by atoms with Gasteiger partial charge >= 0.3 is 37.7 Å². The number of fused-ring (bicyclic) bond motifs is 1. The van der Waals surface area contributed by atoms with E-state index in [1.165, 1.54) is 12.8 Å². The molecule has 0 amide bonds. The van der Waals surface area contributed by atoms with Gasteiger partial charge in [0.25, 0.3) is 0 Å². The largest absolute Gasteiger partial charge is 2.00 e. The molecule has 0 aliphatic carbocycles. The van der Waals surface area contributed by atoms with Crippen LogP contribution in [0.4, 0.5) is 0 Å². The van der Waals surface area contributed by atoms with Crippen molar-refractivity contribution in [3.05, 3.63) is 64.3 Å². The molecule has 6 rings (SSSR count).